The summed E-state index contributed by atoms with van der Waals surface area (Å²) in [5.41, 5.74) is 30.1. The molecule has 6 heteroatoms. The van der Waals surface area contributed by atoms with Crippen LogP contribution in [-0.4, -0.2) is 11.2 Å². The molecule has 0 bridgehead atoms. The molecule has 12 aromatic carbocycles. The second kappa shape index (κ2) is 22.0. The van der Waals surface area contributed by atoms with Gasteiger partial charge in [0.15, 0.2) is 5.58 Å². The van der Waals surface area contributed by atoms with Crippen molar-refractivity contribution < 1.29 is 35.5 Å². The molecule has 0 radical (unpaired) electrons. The molecule has 3 aliphatic carbocycles. The number of para-hydroxylation sites is 3. The van der Waals surface area contributed by atoms with Gasteiger partial charge >= 0.3 is 31.1 Å². The van der Waals surface area contributed by atoms with Crippen molar-refractivity contribution in [3.63, 3.8) is 0 Å². The largest absolute Gasteiger partial charge is 2.00 e. The molecule has 0 aliphatic heterocycles. The molecule has 0 saturated heterocycles. The second-order valence-corrected chi connectivity index (χ2v) is 23.6. The molecule has 5 nitrogen and oxygen atoms in total. The fraction of sp³-hybridized carbons (Fsp3) is 0.0976. The van der Waals surface area contributed by atoms with E-state index in [9.17, 15) is 0 Å². The molecule has 418 valence electrons. The van der Waals surface area contributed by atoms with Gasteiger partial charge in [-0.15, -0.1) is 23.4 Å². The Hall–Kier alpha value is -9.57. The van der Waals surface area contributed by atoms with E-state index in [0.29, 0.717) is 5.89 Å². The Morgan fingerprint density at radius 3 is 1.47 bits per heavy atom. The predicted molar refractivity (Wildman–Crippen MR) is 358 cm³/mol. The van der Waals surface area contributed by atoms with Crippen LogP contribution in [0.2, 0.25) is 0 Å². The Morgan fingerprint density at radius 1 is 0.420 bits per heavy atom. The molecule has 13 aromatic rings. The SMILES string of the molecule is CCc1ccccc1-c1ccc(N(c2ccc(-c3nc4ccccc4o3)cc2)c2ccc3c(c2)C2(c4ccccc4-c4ccccc42)c2cc(N(c4ccc([C-]=Nc5[c-]cccc5)cc4)c4ccc5c(c4)C(C)(C)c4ccccc4-5)ccc2-3)cc1CC.[U+2]. The van der Waals surface area contributed by atoms with E-state index in [1.807, 2.05) is 48.5 Å². The summed E-state index contributed by atoms with van der Waals surface area (Å²) in [5, 5.41) is 0. The Balaban J connectivity index is 0.00000650. The third kappa shape index (κ3) is 8.79. The molecule has 88 heavy (non-hydrogen) atoms. The summed E-state index contributed by atoms with van der Waals surface area (Å²) >= 11 is 0. The summed E-state index contributed by atoms with van der Waals surface area (Å²) in [6.45, 7) is 9.24. The number of oxazole rings is 1. The normalized spacial score (nSPS) is 13.4. The van der Waals surface area contributed by atoms with Crippen LogP contribution in [0.5, 0.6) is 0 Å². The van der Waals surface area contributed by atoms with Gasteiger partial charge in [-0.05, 0) is 193 Å². The number of hydrogen-bond acceptors (Lipinski definition) is 5. The molecule has 0 amide bonds. The molecule has 16 rings (SSSR count). The maximum Gasteiger partial charge on any atom is 2.00 e. The van der Waals surface area contributed by atoms with Gasteiger partial charge in [-0.2, -0.15) is 24.3 Å². The maximum absolute atomic E-state index is 6.32. The summed E-state index contributed by atoms with van der Waals surface area (Å²) < 4.78 is 6.32. The van der Waals surface area contributed by atoms with Crippen molar-refractivity contribution in [2.75, 3.05) is 9.80 Å². The van der Waals surface area contributed by atoms with Gasteiger partial charge in [-0.25, -0.2) is 11.1 Å². The second-order valence-electron chi connectivity index (χ2n) is 23.6. The number of anilines is 6. The van der Waals surface area contributed by atoms with Gasteiger partial charge in [-0.1, -0.05) is 173 Å². The van der Waals surface area contributed by atoms with Crippen LogP contribution in [0.1, 0.15) is 77.8 Å². The summed E-state index contributed by atoms with van der Waals surface area (Å²) in [5.74, 6) is 0.600. The fourth-order valence-corrected chi connectivity index (χ4v) is 14.5. The molecule has 1 spiro atoms. The number of aliphatic imine (C=N–C) groups is 1. The van der Waals surface area contributed by atoms with Crippen molar-refractivity contribution in [3.05, 3.63) is 323 Å². The quantitative estimate of drug-likeness (QED) is 0.0903. The van der Waals surface area contributed by atoms with Crippen molar-refractivity contribution in [1.82, 2.24) is 4.98 Å². The van der Waals surface area contributed by atoms with Crippen molar-refractivity contribution in [1.29, 1.82) is 0 Å². The minimum absolute atomic E-state index is 0. The van der Waals surface area contributed by atoms with E-state index in [1.54, 1.807) is 0 Å². The number of rotatable bonds is 12. The Labute approximate surface area is 538 Å². The molecule has 0 atom stereocenters. The third-order valence-corrected chi connectivity index (χ3v) is 18.6. The van der Waals surface area contributed by atoms with Crippen molar-refractivity contribution in [2.45, 2.75) is 51.4 Å². The van der Waals surface area contributed by atoms with Gasteiger partial charge < -0.3 is 19.2 Å². The number of aryl methyl sites for hydroxylation is 2. The zero-order valence-electron chi connectivity index (χ0n) is 49.5. The molecule has 0 fully saturated rings. The fourth-order valence-electron chi connectivity index (χ4n) is 14.5. The van der Waals surface area contributed by atoms with E-state index < -0.39 is 5.41 Å². The minimum atomic E-state index is -0.675. The number of benzene rings is 12. The predicted octanol–water partition coefficient (Wildman–Crippen LogP) is 21.3. The molecule has 1 heterocycles. The van der Waals surface area contributed by atoms with Crippen LogP contribution in [-0.2, 0) is 23.7 Å². The van der Waals surface area contributed by atoms with Crippen LogP contribution in [0.15, 0.2) is 276 Å². The van der Waals surface area contributed by atoms with Crippen LogP contribution in [0.25, 0.3) is 67.1 Å². The van der Waals surface area contributed by atoms with E-state index in [2.05, 4.69) is 273 Å². The minimum Gasteiger partial charge on any atom is -0.436 e. The van der Waals surface area contributed by atoms with Crippen LogP contribution >= 0.6 is 0 Å². The molecule has 3 aliphatic rings. The molecule has 0 saturated carbocycles. The van der Waals surface area contributed by atoms with Gasteiger partial charge in [0, 0.05) is 45.1 Å². The van der Waals surface area contributed by atoms with Crippen molar-refractivity contribution in [2.24, 2.45) is 4.99 Å². The van der Waals surface area contributed by atoms with E-state index in [0.717, 1.165) is 74.9 Å². The average molecular weight is 1360 g/mol. The Morgan fingerprint density at radius 2 is 0.875 bits per heavy atom. The first kappa shape index (κ1) is 55.0. The number of fused-ring (bicyclic) bond motifs is 14. The maximum atomic E-state index is 6.32. The summed E-state index contributed by atoms with van der Waals surface area (Å²) in [6.07, 6.45) is 5.13. The molecule has 1 aromatic heterocycles. The van der Waals surface area contributed by atoms with E-state index in [-0.39, 0.29) is 36.5 Å². The third-order valence-electron chi connectivity index (χ3n) is 18.6. The average Bonchev–Trinajstić information content (AvgIpc) is 1.51. The van der Waals surface area contributed by atoms with Gasteiger partial charge in [0.2, 0.25) is 5.89 Å². The molecular formula is C82H60N4OU. The van der Waals surface area contributed by atoms with Crippen LogP contribution in [0, 0.1) is 37.2 Å². The zero-order valence-corrected chi connectivity index (χ0v) is 53.7. The van der Waals surface area contributed by atoms with Crippen LogP contribution < -0.4 is 9.80 Å². The number of aromatic nitrogens is 1. The summed E-state index contributed by atoms with van der Waals surface area (Å²) in [7, 11) is 0. The first-order valence-electron chi connectivity index (χ1n) is 30.3. The van der Waals surface area contributed by atoms with Gasteiger partial charge in [0.1, 0.15) is 5.52 Å². The summed E-state index contributed by atoms with van der Waals surface area (Å²) in [4.78, 5) is 14.4. The van der Waals surface area contributed by atoms with Crippen molar-refractivity contribution in [3.8, 4) is 56.0 Å². The standard InChI is InChI=1S/C82H60N4O.U/c1-5-54-20-10-11-23-64(54)65-44-40-60(48-55(65)6-2)85(59-38-34-56(35-39-59)80-84-78-30-18-19-31-79(78)87-80)62-42-46-70-71-47-43-63(51-77(71)82(76(70)50-62)73-28-16-13-25-67(73)68-26-14-17-29-74(68)82)86(58-36-32-53(33-37-58)52-83-57-21-8-7-9-22-57)61-41-45-69-66-24-12-15-27-72(66)81(3,4)75(69)49-61;/h7-21,23-51H,5-6H2,1-4H3;/q-2;+2. The van der Waals surface area contributed by atoms with E-state index in [4.69, 9.17) is 9.40 Å². The van der Waals surface area contributed by atoms with Gasteiger partial charge in [0.05, 0.1) is 5.41 Å². The Kier molecular flexibility index (Phi) is 13.8. The molecular weight excluding hydrogens is 1290 g/mol. The first-order valence-corrected chi connectivity index (χ1v) is 30.3. The zero-order chi connectivity index (χ0) is 58.4. The van der Waals surface area contributed by atoms with Crippen LogP contribution in [0.4, 0.5) is 39.8 Å². The topological polar surface area (TPSA) is 44.9 Å². The van der Waals surface area contributed by atoms with E-state index >= 15 is 0 Å². The smallest absolute Gasteiger partial charge is 0.436 e. The Bertz CT molecular complexity index is 4810. The number of hydrogen-bond donors (Lipinski definition) is 0. The monoisotopic (exact) mass is 1350 g/mol. The first-order chi connectivity index (χ1) is 42.8. The van der Waals surface area contributed by atoms with Gasteiger partial charge in [-0.3, -0.25) is 0 Å². The number of nitrogens with zero attached hydrogens (tertiary/aromatic N) is 4. The van der Waals surface area contributed by atoms with Gasteiger partial charge in [0.25, 0.3) is 0 Å². The molecule has 0 unspecified atom stereocenters. The van der Waals surface area contributed by atoms with E-state index in [1.165, 1.54) is 89.0 Å². The summed E-state index contributed by atoms with van der Waals surface area (Å²) in [6, 6.07) is 101. The molecule has 0 N–H and O–H groups in total. The van der Waals surface area contributed by atoms with Crippen molar-refractivity contribution >= 4 is 57.1 Å². The van der Waals surface area contributed by atoms with Crippen LogP contribution in [0.3, 0.4) is 0 Å².